The van der Waals surface area contributed by atoms with E-state index in [0.29, 0.717) is 6.42 Å². The highest BCUT2D eigenvalue weighted by Gasteiger charge is 2.41. The van der Waals surface area contributed by atoms with E-state index in [-0.39, 0.29) is 6.42 Å². The van der Waals surface area contributed by atoms with Gasteiger partial charge in [-0.05, 0) is 6.42 Å². The van der Waals surface area contributed by atoms with Crippen molar-refractivity contribution in [2.75, 3.05) is 6.54 Å². The lowest BCUT2D eigenvalue weighted by Gasteiger charge is -2.19. The lowest BCUT2D eigenvalue weighted by atomic mass is 9.93. The predicted octanol–water partition coefficient (Wildman–Crippen LogP) is -0.870. The summed E-state index contributed by atoms with van der Waals surface area (Å²) in [5.41, 5.74) is 2.67. The van der Waals surface area contributed by atoms with Gasteiger partial charge in [-0.3, -0.25) is 4.79 Å². The van der Waals surface area contributed by atoms with Crippen molar-refractivity contribution in [1.29, 1.82) is 0 Å². The fourth-order valence-electron chi connectivity index (χ4n) is 0.896. The summed E-state index contributed by atoms with van der Waals surface area (Å²) in [6.45, 7) is 1.22. The van der Waals surface area contributed by atoms with E-state index in [4.69, 9.17) is 10.8 Å². The number of carboxylic acids is 1. The van der Waals surface area contributed by atoms with Gasteiger partial charge in [0.2, 0.25) is 5.60 Å². The van der Waals surface area contributed by atoms with Gasteiger partial charge in [0.1, 0.15) is 0 Å². The Morgan fingerprint density at radius 2 is 2.00 bits per heavy atom. The number of carbonyl (C=O) groups is 2. The van der Waals surface area contributed by atoms with Crippen LogP contribution in [-0.2, 0) is 9.59 Å². The van der Waals surface area contributed by atoms with Crippen LogP contribution in [0.15, 0.2) is 0 Å². The third kappa shape index (κ3) is 2.02. The van der Waals surface area contributed by atoms with Crippen molar-refractivity contribution < 1.29 is 19.8 Å². The smallest absolute Gasteiger partial charge is 0.343 e. The summed E-state index contributed by atoms with van der Waals surface area (Å²) < 4.78 is 0. The average molecular weight is 175 g/mol. The summed E-state index contributed by atoms with van der Waals surface area (Å²) in [6.07, 6.45) is 0.312. The second-order valence-electron chi connectivity index (χ2n) is 2.54. The number of aliphatic carboxylic acids is 1. The highest BCUT2D eigenvalue weighted by molar-refractivity contribution is 6.06. The summed E-state index contributed by atoms with van der Waals surface area (Å²) in [7, 11) is 0. The second kappa shape index (κ2) is 4.18. The molecule has 0 saturated heterocycles. The molecule has 0 aromatic carbocycles. The number of carbonyl (C=O) groups excluding carboxylic acids is 1. The number of hydrogen-bond acceptors (Lipinski definition) is 4. The largest absolute Gasteiger partial charge is 0.479 e. The van der Waals surface area contributed by atoms with E-state index in [9.17, 15) is 14.7 Å². The zero-order valence-electron chi connectivity index (χ0n) is 6.91. The molecule has 0 heterocycles. The third-order valence-corrected chi connectivity index (χ3v) is 1.61. The van der Waals surface area contributed by atoms with Gasteiger partial charge in [-0.25, -0.2) is 4.79 Å². The molecular weight excluding hydrogens is 162 g/mol. The highest BCUT2D eigenvalue weighted by Crippen LogP contribution is 2.13. The molecule has 5 heteroatoms. The molecule has 0 aromatic rings. The van der Waals surface area contributed by atoms with Crippen LogP contribution in [0.5, 0.6) is 0 Å². The third-order valence-electron chi connectivity index (χ3n) is 1.61. The normalized spacial score (nSPS) is 15.2. The number of carboxylic acid groups (broad SMARTS) is 1. The minimum absolute atomic E-state index is 0.0988. The minimum Gasteiger partial charge on any atom is -0.479 e. The van der Waals surface area contributed by atoms with E-state index in [1.807, 2.05) is 0 Å². The van der Waals surface area contributed by atoms with Gasteiger partial charge in [-0.1, -0.05) is 13.3 Å². The van der Waals surface area contributed by atoms with Crippen molar-refractivity contribution in [2.45, 2.75) is 25.4 Å². The first-order valence-corrected chi connectivity index (χ1v) is 3.68. The van der Waals surface area contributed by atoms with Gasteiger partial charge in [-0.2, -0.15) is 0 Å². The molecule has 0 rings (SSSR count). The van der Waals surface area contributed by atoms with Gasteiger partial charge >= 0.3 is 5.97 Å². The summed E-state index contributed by atoms with van der Waals surface area (Å²) in [5, 5.41) is 17.9. The molecule has 0 fully saturated rings. The topological polar surface area (TPSA) is 101 Å². The molecule has 0 amide bonds. The summed E-state index contributed by atoms with van der Waals surface area (Å²) in [6, 6.07) is 0. The van der Waals surface area contributed by atoms with Gasteiger partial charge in [-0.15, -0.1) is 0 Å². The number of ketones is 1. The lowest BCUT2D eigenvalue weighted by molar-refractivity contribution is -0.165. The van der Waals surface area contributed by atoms with Crippen LogP contribution in [0.1, 0.15) is 19.8 Å². The Labute approximate surface area is 70.2 Å². The Morgan fingerprint density at radius 3 is 2.25 bits per heavy atom. The molecule has 70 valence electrons. The average Bonchev–Trinajstić information content (AvgIpc) is 2.03. The molecule has 0 aliphatic rings. The Bertz CT molecular complexity index is 192. The monoisotopic (exact) mass is 175 g/mol. The molecule has 0 spiro atoms. The second-order valence-corrected chi connectivity index (χ2v) is 2.54. The lowest BCUT2D eigenvalue weighted by Crippen LogP contribution is -2.49. The van der Waals surface area contributed by atoms with Crippen molar-refractivity contribution in [2.24, 2.45) is 5.73 Å². The van der Waals surface area contributed by atoms with E-state index in [0.717, 1.165) is 0 Å². The molecule has 0 bridgehead atoms. The van der Waals surface area contributed by atoms with Crippen molar-refractivity contribution in [1.82, 2.24) is 0 Å². The van der Waals surface area contributed by atoms with Gasteiger partial charge in [0, 0.05) is 0 Å². The molecule has 0 aliphatic carbocycles. The summed E-state index contributed by atoms with van der Waals surface area (Å²) in [4.78, 5) is 21.4. The zero-order valence-corrected chi connectivity index (χ0v) is 6.91. The van der Waals surface area contributed by atoms with Crippen LogP contribution in [0.4, 0.5) is 0 Å². The van der Waals surface area contributed by atoms with E-state index < -0.39 is 23.9 Å². The SMILES string of the molecule is CCCC(O)(C(=O)O)C(=O)CN. The maximum Gasteiger partial charge on any atom is 0.343 e. The summed E-state index contributed by atoms with van der Waals surface area (Å²) >= 11 is 0. The predicted molar refractivity (Wildman–Crippen MR) is 41.6 cm³/mol. The van der Waals surface area contributed by atoms with E-state index >= 15 is 0 Å². The molecule has 5 nitrogen and oxygen atoms in total. The van der Waals surface area contributed by atoms with Crippen molar-refractivity contribution in [3.63, 3.8) is 0 Å². The van der Waals surface area contributed by atoms with Crippen molar-refractivity contribution >= 4 is 11.8 Å². The fourth-order valence-corrected chi connectivity index (χ4v) is 0.896. The molecule has 1 atom stereocenters. The van der Waals surface area contributed by atoms with Crippen LogP contribution in [-0.4, -0.2) is 34.1 Å². The van der Waals surface area contributed by atoms with E-state index in [1.165, 1.54) is 0 Å². The van der Waals surface area contributed by atoms with Crippen LogP contribution < -0.4 is 5.73 Å². The molecular formula is C7H13NO4. The van der Waals surface area contributed by atoms with Crippen LogP contribution in [0.2, 0.25) is 0 Å². The quantitative estimate of drug-likeness (QED) is 0.471. The Balaban J connectivity index is 4.61. The molecule has 12 heavy (non-hydrogen) atoms. The first-order valence-electron chi connectivity index (χ1n) is 3.68. The number of aliphatic hydroxyl groups is 1. The van der Waals surface area contributed by atoms with Crippen LogP contribution in [0.3, 0.4) is 0 Å². The maximum atomic E-state index is 10.9. The minimum atomic E-state index is -2.29. The zero-order chi connectivity index (χ0) is 9.78. The number of Topliss-reactive ketones (excluding diaryl/α,β-unsaturated/α-hetero) is 1. The van der Waals surface area contributed by atoms with Gasteiger partial charge in [0.25, 0.3) is 0 Å². The van der Waals surface area contributed by atoms with Gasteiger partial charge < -0.3 is 15.9 Å². The van der Waals surface area contributed by atoms with E-state index in [2.05, 4.69) is 0 Å². The Hall–Kier alpha value is -0.940. The maximum absolute atomic E-state index is 10.9. The first-order chi connectivity index (χ1) is 5.49. The molecule has 4 N–H and O–H groups in total. The summed E-state index contributed by atoms with van der Waals surface area (Å²) in [5.74, 6) is -2.38. The molecule has 0 aliphatic heterocycles. The molecule has 0 aromatic heterocycles. The molecule has 1 unspecified atom stereocenters. The van der Waals surface area contributed by atoms with Crippen molar-refractivity contribution in [3.05, 3.63) is 0 Å². The van der Waals surface area contributed by atoms with Crippen LogP contribution >= 0.6 is 0 Å². The van der Waals surface area contributed by atoms with Gasteiger partial charge in [0.05, 0.1) is 6.54 Å². The van der Waals surface area contributed by atoms with Crippen LogP contribution in [0.25, 0.3) is 0 Å². The number of nitrogens with two attached hydrogens (primary N) is 1. The standard InChI is InChI=1S/C7H13NO4/c1-2-3-7(12,6(10)11)5(9)4-8/h12H,2-4,8H2,1H3,(H,10,11). The first kappa shape index (κ1) is 11.1. The Kier molecular flexibility index (Phi) is 3.85. The highest BCUT2D eigenvalue weighted by atomic mass is 16.4. The fraction of sp³-hybridized carbons (Fsp3) is 0.714. The Morgan fingerprint density at radius 1 is 1.50 bits per heavy atom. The number of hydrogen-bond donors (Lipinski definition) is 3. The molecule has 0 radical (unpaired) electrons. The van der Waals surface area contributed by atoms with E-state index in [1.54, 1.807) is 6.92 Å². The van der Waals surface area contributed by atoms with Crippen molar-refractivity contribution in [3.8, 4) is 0 Å². The van der Waals surface area contributed by atoms with Crippen LogP contribution in [0, 0.1) is 0 Å². The van der Waals surface area contributed by atoms with Gasteiger partial charge in [0.15, 0.2) is 5.78 Å². The molecule has 0 saturated carbocycles. The number of rotatable bonds is 5.